The highest BCUT2D eigenvalue weighted by Crippen LogP contribution is 2.23. The number of aromatic carboxylic acids is 1. The van der Waals surface area contributed by atoms with Crippen LogP contribution in [0.25, 0.3) is 0 Å². The zero-order chi connectivity index (χ0) is 11.5. The molecule has 82 valence electrons. The second-order valence-corrected chi connectivity index (χ2v) is 3.32. The highest BCUT2D eigenvalue weighted by Gasteiger charge is 2.06. The van der Waals surface area contributed by atoms with Crippen LogP contribution in [0.2, 0.25) is 0 Å². The Morgan fingerprint density at radius 1 is 1.38 bits per heavy atom. The van der Waals surface area contributed by atoms with Gasteiger partial charge in [-0.1, -0.05) is 0 Å². The third-order valence-corrected chi connectivity index (χ3v) is 2.17. The Bertz CT molecular complexity index is 506. The van der Waals surface area contributed by atoms with Crippen molar-refractivity contribution in [1.82, 2.24) is 4.98 Å². The number of carbonyl (C=O) groups is 1. The first-order valence-electron chi connectivity index (χ1n) is 4.70. The number of nitrogens with one attached hydrogen (secondary N) is 2. The molecule has 0 atom stereocenters. The summed E-state index contributed by atoms with van der Waals surface area (Å²) in [5.74, 6) is -0.187. The minimum Gasteiger partial charge on any atom is -0.478 e. The molecule has 0 aliphatic carbocycles. The van der Waals surface area contributed by atoms with Crippen LogP contribution in [0.1, 0.15) is 10.4 Å². The van der Waals surface area contributed by atoms with Gasteiger partial charge in [0.25, 0.3) is 0 Å². The average Bonchev–Trinajstić information content (AvgIpc) is 2.73. The largest absolute Gasteiger partial charge is 0.478 e. The van der Waals surface area contributed by atoms with E-state index in [-0.39, 0.29) is 5.56 Å². The number of aromatic amines is 1. The molecule has 1 heterocycles. The molecule has 0 fully saturated rings. The lowest BCUT2D eigenvalue weighted by Crippen LogP contribution is -2.01. The van der Waals surface area contributed by atoms with E-state index in [0.717, 1.165) is 5.82 Å². The molecule has 0 spiro atoms. The summed E-state index contributed by atoms with van der Waals surface area (Å²) in [6.07, 6.45) is 1.78. The van der Waals surface area contributed by atoms with Crippen molar-refractivity contribution >= 4 is 23.2 Å². The van der Waals surface area contributed by atoms with E-state index in [4.69, 9.17) is 10.8 Å². The number of rotatable bonds is 3. The molecule has 0 aliphatic rings. The van der Waals surface area contributed by atoms with Gasteiger partial charge in [0.05, 0.1) is 16.9 Å². The first-order chi connectivity index (χ1) is 7.66. The topological polar surface area (TPSA) is 91.1 Å². The Labute approximate surface area is 91.9 Å². The zero-order valence-electron chi connectivity index (χ0n) is 8.40. The Morgan fingerprint density at radius 2 is 2.19 bits per heavy atom. The van der Waals surface area contributed by atoms with Gasteiger partial charge in [0.15, 0.2) is 0 Å². The summed E-state index contributed by atoms with van der Waals surface area (Å²) >= 11 is 0. The van der Waals surface area contributed by atoms with Gasteiger partial charge >= 0.3 is 5.97 Å². The lowest BCUT2D eigenvalue weighted by Gasteiger charge is -2.08. The van der Waals surface area contributed by atoms with Crippen LogP contribution in [0.4, 0.5) is 17.2 Å². The van der Waals surface area contributed by atoms with Gasteiger partial charge < -0.3 is 21.1 Å². The number of carboxylic acids is 1. The molecule has 0 unspecified atom stereocenters. The fourth-order valence-corrected chi connectivity index (χ4v) is 1.36. The average molecular weight is 217 g/mol. The second kappa shape index (κ2) is 3.98. The van der Waals surface area contributed by atoms with Crippen LogP contribution < -0.4 is 11.1 Å². The molecule has 1 aromatic heterocycles. The molecule has 5 heteroatoms. The maximum Gasteiger partial charge on any atom is 0.335 e. The smallest absolute Gasteiger partial charge is 0.335 e. The molecule has 0 aliphatic heterocycles. The van der Waals surface area contributed by atoms with Crippen LogP contribution in [0.15, 0.2) is 36.5 Å². The minimum absolute atomic E-state index is 0.175. The van der Waals surface area contributed by atoms with Gasteiger partial charge in [-0.2, -0.15) is 0 Å². The molecule has 2 rings (SSSR count). The first kappa shape index (κ1) is 10.1. The summed E-state index contributed by atoms with van der Waals surface area (Å²) in [4.78, 5) is 13.7. The van der Waals surface area contributed by atoms with Crippen molar-refractivity contribution in [3.8, 4) is 0 Å². The standard InChI is InChI=1S/C11H11N3O2/c12-8-6-7(11(15)16)3-4-9(8)14-10-2-1-5-13-10/h1-6,13-14H,12H2,(H,15,16). The summed E-state index contributed by atoms with van der Waals surface area (Å²) in [6, 6.07) is 8.27. The molecule has 1 aromatic carbocycles. The van der Waals surface area contributed by atoms with Crippen LogP contribution in [0, 0.1) is 0 Å². The van der Waals surface area contributed by atoms with Crippen molar-refractivity contribution in [3.63, 3.8) is 0 Å². The summed E-state index contributed by atoms with van der Waals surface area (Å²) < 4.78 is 0. The van der Waals surface area contributed by atoms with Gasteiger partial charge in [-0.3, -0.25) is 0 Å². The molecule has 0 bridgehead atoms. The zero-order valence-corrected chi connectivity index (χ0v) is 8.40. The van der Waals surface area contributed by atoms with Crippen LogP contribution in [-0.4, -0.2) is 16.1 Å². The monoisotopic (exact) mass is 217 g/mol. The number of aromatic nitrogens is 1. The van der Waals surface area contributed by atoms with Crippen molar-refractivity contribution < 1.29 is 9.90 Å². The molecular formula is C11H11N3O2. The van der Waals surface area contributed by atoms with Crippen molar-refractivity contribution in [2.24, 2.45) is 0 Å². The minimum atomic E-state index is -0.988. The number of nitrogen functional groups attached to an aromatic ring is 1. The van der Waals surface area contributed by atoms with E-state index < -0.39 is 5.97 Å². The molecule has 2 aromatic rings. The maximum atomic E-state index is 10.7. The Kier molecular flexibility index (Phi) is 2.51. The number of anilines is 3. The fraction of sp³-hybridized carbons (Fsp3) is 0. The van der Waals surface area contributed by atoms with Crippen molar-refractivity contribution in [3.05, 3.63) is 42.1 Å². The van der Waals surface area contributed by atoms with E-state index in [1.807, 2.05) is 12.1 Å². The van der Waals surface area contributed by atoms with Crippen LogP contribution >= 0.6 is 0 Å². The predicted octanol–water partition coefficient (Wildman–Crippen LogP) is 2.04. The highest BCUT2D eigenvalue weighted by atomic mass is 16.4. The molecule has 16 heavy (non-hydrogen) atoms. The van der Waals surface area contributed by atoms with Crippen molar-refractivity contribution in [2.45, 2.75) is 0 Å². The van der Waals surface area contributed by atoms with Gasteiger partial charge in [-0.05, 0) is 30.3 Å². The summed E-state index contributed by atoms with van der Waals surface area (Å²) in [5, 5.41) is 11.8. The normalized spacial score (nSPS) is 10.0. The Hall–Kier alpha value is -2.43. The van der Waals surface area contributed by atoms with E-state index in [1.54, 1.807) is 12.3 Å². The van der Waals surface area contributed by atoms with E-state index in [0.29, 0.717) is 11.4 Å². The quantitative estimate of drug-likeness (QED) is 0.592. The third kappa shape index (κ3) is 1.98. The van der Waals surface area contributed by atoms with Crippen LogP contribution in [0.3, 0.4) is 0 Å². The first-order valence-corrected chi connectivity index (χ1v) is 4.70. The van der Waals surface area contributed by atoms with E-state index in [1.165, 1.54) is 12.1 Å². The van der Waals surface area contributed by atoms with Gasteiger partial charge in [0.2, 0.25) is 0 Å². The van der Waals surface area contributed by atoms with Gasteiger partial charge in [-0.15, -0.1) is 0 Å². The molecular weight excluding hydrogens is 206 g/mol. The summed E-state index contributed by atoms with van der Waals surface area (Å²) in [7, 11) is 0. The number of nitrogens with two attached hydrogens (primary N) is 1. The molecule has 0 amide bonds. The summed E-state index contributed by atoms with van der Waals surface area (Å²) in [5.41, 5.74) is 6.98. The molecule has 0 radical (unpaired) electrons. The SMILES string of the molecule is Nc1cc(C(=O)O)ccc1Nc1ccc[nH]1. The predicted molar refractivity (Wildman–Crippen MR) is 61.9 cm³/mol. The van der Waals surface area contributed by atoms with Gasteiger partial charge in [-0.25, -0.2) is 4.79 Å². The molecule has 5 N–H and O–H groups in total. The Balaban J connectivity index is 2.26. The number of carboxylic acid groups (broad SMARTS) is 1. The summed E-state index contributed by atoms with van der Waals surface area (Å²) in [6.45, 7) is 0. The van der Waals surface area contributed by atoms with E-state index in [9.17, 15) is 4.79 Å². The molecule has 0 saturated carbocycles. The van der Waals surface area contributed by atoms with Gasteiger partial charge in [0.1, 0.15) is 5.82 Å². The second-order valence-electron chi connectivity index (χ2n) is 3.32. The van der Waals surface area contributed by atoms with Crippen molar-refractivity contribution in [2.75, 3.05) is 11.1 Å². The number of hydrogen-bond donors (Lipinski definition) is 4. The van der Waals surface area contributed by atoms with Crippen LogP contribution in [-0.2, 0) is 0 Å². The third-order valence-electron chi connectivity index (χ3n) is 2.17. The lowest BCUT2D eigenvalue weighted by atomic mass is 10.2. The van der Waals surface area contributed by atoms with E-state index >= 15 is 0 Å². The number of benzene rings is 1. The lowest BCUT2D eigenvalue weighted by molar-refractivity contribution is 0.0697. The van der Waals surface area contributed by atoms with Crippen LogP contribution in [0.5, 0.6) is 0 Å². The Morgan fingerprint density at radius 3 is 2.75 bits per heavy atom. The molecule has 0 saturated heterocycles. The number of hydrogen-bond acceptors (Lipinski definition) is 3. The highest BCUT2D eigenvalue weighted by molar-refractivity contribution is 5.90. The fourth-order valence-electron chi connectivity index (χ4n) is 1.36. The van der Waals surface area contributed by atoms with Gasteiger partial charge in [0, 0.05) is 6.20 Å². The maximum absolute atomic E-state index is 10.7. The molecule has 5 nitrogen and oxygen atoms in total. The van der Waals surface area contributed by atoms with E-state index in [2.05, 4.69) is 10.3 Å². The van der Waals surface area contributed by atoms with Crippen molar-refractivity contribution in [1.29, 1.82) is 0 Å². The number of H-pyrrole nitrogens is 1.